The van der Waals surface area contributed by atoms with Crippen molar-refractivity contribution >= 4 is 11.4 Å². The molecule has 2 aromatic rings. The van der Waals surface area contributed by atoms with Gasteiger partial charge in [-0.05, 0) is 71.9 Å². The summed E-state index contributed by atoms with van der Waals surface area (Å²) in [6.45, 7) is 11.3. The van der Waals surface area contributed by atoms with Crippen LogP contribution in [0.15, 0.2) is 60.2 Å². The minimum atomic E-state index is 0.951. The molecule has 0 amide bonds. The summed E-state index contributed by atoms with van der Waals surface area (Å²) >= 11 is 1.07. The molecular formula is C41H64N2Pd. The van der Waals surface area contributed by atoms with E-state index in [0.717, 1.165) is 43.7 Å². The van der Waals surface area contributed by atoms with Gasteiger partial charge in [-0.2, -0.15) is 0 Å². The van der Waals surface area contributed by atoms with Crippen LogP contribution in [-0.4, -0.2) is 10.7 Å². The molecule has 0 unspecified atom stereocenters. The first-order valence-corrected chi connectivity index (χ1v) is 20.1. The average molecular weight is 691 g/mol. The molecule has 2 rings (SSSR count). The molecule has 0 saturated heterocycles. The van der Waals surface area contributed by atoms with Crippen molar-refractivity contribution in [3.8, 4) is 0 Å². The number of hydrogen-bond donors (Lipinski definition) is 0. The fraction of sp³-hybridized carbons (Fsp3) is 0.610. The van der Waals surface area contributed by atoms with E-state index in [2.05, 4.69) is 93.8 Å². The molecule has 2 aromatic carbocycles. The monoisotopic (exact) mass is 690 g/mol. The Labute approximate surface area is 281 Å². The predicted octanol–water partition coefficient (Wildman–Crippen LogP) is 13.3. The van der Waals surface area contributed by atoms with E-state index in [0.29, 0.717) is 0 Å². The number of benzene rings is 2. The van der Waals surface area contributed by atoms with Crippen molar-refractivity contribution in [2.45, 2.75) is 160 Å². The van der Waals surface area contributed by atoms with Gasteiger partial charge >= 0.3 is 67.3 Å². The normalized spacial score (nSPS) is 11.3. The number of aryl methyl sites for hydroxylation is 2. The first-order valence-electron chi connectivity index (χ1n) is 17.9. The maximum atomic E-state index is 9.13. The Bertz CT molecular complexity index is 1100. The molecule has 0 bridgehead atoms. The summed E-state index contributed by atoms with van der Waals surface area (Å²) < 4.78 is 0. The molecule has 3 heteroatoms. The molecule has 248 valence electrons. The summed E-state index contributed by atoms with van der Waals surface area (Å²) in [7, 11) is 0. The molecule has 0 aromatic heterocycles. The van der Waals surface area contributed by atoms with Gasteiger partial charge in [0.15, 0.2) is 0 Å². The Morgan fingerprint density at radius 1 is 0.636 bits per heavy atom. The van der Waals surface area contributed by atoms with Crippen LogP contribution in [0.2, 0.25) is 9.79 Å². The number of nitrogens with zero attached hydrogens (tertiary/aromatic N) is 2. The summed E-state index contributed by atoms with van der Waals surface area (Å²) in [5.74, 6) is 2.72. The summed E-state index contributed by atoms with van der Waals surface area (Å²) in [6.07, 6.45) is 24.5. The van der Waals surface area contributed by atoms with Crippen molar-refractivity contribution in [3.05, 3.63) is 88.0 Å². The van der Waals surface area contributed by atoms with Gasteiger partial charge < -0.3 is 5.53 Å². The van der Waals surface area contributed by atoms with Crippen LogP contribution in [0.4, 0.5) is 0 Å². The van der Waals surface area contributed by atoms with Crippen LogP contribution < -0.4 is 0 Å². The van der Waals surface area contributed by atoms with Crippen molar-refractivity contribution < 1.29 is 22.8 Å². The third kappa shape index (κ3) is 18.7. The molecule has 0 radical (unpaired) electrons. The summed E-state index contributed by atoms with van der Waals surface area (Å²) in [4.78, 5) is 6.19. The zero-order chi connectivity index (χ0) is 32.1. The zero-order valence-corrected chi connectivity index (χ0v) is 30.6. The Balaban J connectivity index is 0.000000930. The standard InChI is InChI=1S/C33H46N2.2C4H9.Pd/c1-4-7-10-11-12-14-18-29-20-16-23-32(27-29)33(30(24-25-35-34)21-13-8-5-2)31-22-15-19-28(26-31)17-9-6-3;2*1-3-4-2;/h15-16,19-20,22-24,26-27H,4-14,17-18,21H2,1-3H3;2*1,3-4H2,2H3;. The van der Waals surface area contributed by atoms with Crippen molar-refractivity contribution in [1.29, 1.82) is 0 Å². The van der Waals surface area contributed by atoms with Crippen LogP contribution in [-0.2, 0) is 30.8 Å². The number of unbranched alkanes of at least 4 members (excludes halogenated alkanes) is 10. The van der Waals surface area contributed by atoms with Gasteiger partial charge in [-0.3, -0.25) is 0 Å². The van der Waals surface area contributed by atoms with Gasteiger partial charge in [0.05, 0.1) is 6.08 Å². The SMILES string of the molecule is CCCCCCCCc1cccc(C(=C(C=C=[N+]=[N-])CCCCC)c2cccc(CCCC)c2)c1.CCC[CH2][Pd][CH2]CCC. The minimum absolute atomic E-state index is 0.951. The van der Waals surface area contributed by atoms with E-state index in [-0.39, 0.29) is 0 Å². The van der Waals surface area contributed by atoms with Crippen molar-refractivity contribution in [2.24, 2.45) is 0 Å². The molecule has 0 heterocycles. The molecule has 0 atom stereocenters. The maximum absolute atomic E-state index is 9.13. The summed E-state index contributed by atoms with van der Waals surface area (Å²) in [6, 6.07) is 18.1. The van der Waals surface area contributed by atoms with Gasteiger partial charge in [-0.1, -0.05) is 121 Å². The van der Waals surface area contributed by atoms with E-state index >= 15 is 0 Å². The third-order valence-electron chi connectivity index (χ3n) is 7.89. The zero-order valence-electron chi connectivity index (χ0n) is 29.0. The average Bonchev–Trinajstić information content (AvgIpc) is 3.05. The van der Waals surface area contributed by atoms with E-state index < -0.39 is 0 Å². The molecule has 0 spiro atoms. The Morgan fingerprint density at radius 3 is 1.68 bits per heavy atom. The van der Waals surface area contributed by atoms with E-state index in [4.69, 9.17) is 5.53 Å². The first kappa shape index (κ1) is 40.0. The van der Waals surface area contributed by atoms with E-state index in [1.165, 1.54) is 133 Å². The molecule has 0 aliphatic carbocycles. The van der Waals surface area contributed by atoms with Gasteiger partial charge in [-0.15, -0.1) is 4.79 Å². The van der Waals surface area contributed by atoms with Crippen LogP contribution >= 0.6 is 0 Å². The van der Waals surface area contributed by atoms with Gasteiger partial charge in [-0.25, -0.2) is 0 Å². The second-order valence-corrected chi connectivity index (χ2v) is 14.3. The van der Waals surface area contributed by atoms with Crippen molar-refractivity contribution in [3.63, 3.8) is 0 Å². The van der Waals surface area contributed by atoms with E-state index in [9.17, 15) is 0 Å². The second kappa shape index (κ2) is 28.5. The molecule has 0 fully saturated rings. The van der Waals surface area contributed by atoms with Gasteiger partial charge in [0.2, 0.25) is 0 Å². The predicted molar refractivity (Wildman–Crippen MR) is 191 cm³/mol. The van der Waals surface area contributed by atoms with Crippen LogP contribution in [0.5, 0.6) is 0 Å². The molecular weight excluding hydrogens is 627 g/mol. The molecule has 0 aliphatic rings. The molecule has 0 aliphatic heterocycles. The van der Waals surface area contributed by atoms with Crippen LogP contribution in [0.1, 0.15) is 160 Å². The Morgan fingerprint density at radius 2 is 1.14 bits per heavy atom. The molecule has 0 N–H and O–H groups in total. The van der Waals surface area contributed by atoms with E-state index in [1.807, 2.05) is 6.08 Å². The van der Waals surface area contributed by atoms with Crippen LogP contribution in [0.25, 0.3) is 11.1 Å². The topological polar surface area (TPSA) is 36.4 Å². The molecule has 2 nitrogen and oxygen atoms in total. The van der Waals surface area contributed by atoms with Crippen molar-refractivity contribution in [2.75, 3.05) is 0 Å². The number of rotatable bonds is 23. The Kier molecular flexibility index (Phi) is 25.9. The summed E-state index contributed by atoms with van der Waals surface area (Å²) in [5, 5.41) is 0. The van der Waals surface area contributed by atoms with Crippen LogP contribution in [0, 0.1) is 0 Å². The molecule has 0 saturated carbocycles. The fourth-order valence-electron chi connectivity index (χ4n) is 5.19. The van der Waals surface area contributed by atoms with E-state index in [1.54, 1.807) is 0 Å². The van der Waals surface area contributed by atoms with Crippen molar-refractivity contribution in [1.82, 2.24) is 0 Å². The number of allylic oxidation sites excluding steroid dienone is 2. The summed E-state index contributed by atoms with van der Waals surface area (Å²) in [5.41, 5.74) is 16.9. The second-order valence-electron chi connectivity index (χ2n) is 11.9. The van der Waals surface area contributed by atoms with Gasteiger partial charge in [0.25, 0.3) is 5.87 Å². The number of hydrogen-bond acceptors (Lipinski definition) is 0. The van der Waals surface area contributed by atoms with Gasteiger partial charge in [0, 0.05) is 0 Å². The van der Waals surface area contributed by atoms with Gasteiger partial charge in [0.1, 0.15) is 0 Å². The molecule has 44 heavy (non-hydrogen) atoms. The van der Waals surface area contributed by atoms with Crippen LogP contribution in [0.3, 0.4) is 0 Å². The first-order chi connectivity index (χ1) is 21.6. The fourth-order valence-corrected chi connectivity index (χ4v) is 7.46. The Hall–Kier alpha value is -2.00. The third-order valence-corrected chi connectivity index (χ3v) is 10.1. The quantitative estimate of drug-likeness (QED) is 0.0278.